The molecule has 0 bridgehead atoms. The molecular formula is C27H25NO5. The van der Waals surface area contributed by atoms with Crippen LogP contribution in [0.1, 0.15) is 27.0 Å². The van der Waals surface area contributed by atoms with E-state index in [-0.39, 0.29) is 18.1 Å². The summed E-state index contributed by atoms with van der Waals surface area (Å²) in [4.78, 5) is 15.1. The van der Waals surface area contributed by atoms with Crippen molar-refractivity contribution in [3.05, 3.63) is 95.1 Å². The lowest BCUT2D eigenvalue weighted by Crippen LogP contribution is -2.43. The van der Waals surface area contributed by atoms with Crippen LogP contribution < -0.4 is 9.47 Å². The molecule has 3 aromatic rings. The number of hydrogen-bond acceptors (Lipinski definition) is 5. The highest BCUT2D eigenvalue weighted by atomic mass is 16.6. The molecule has 3 heterocycles. The van der Waals surface area contributed by atoms with Gasteiger partial charge in [0.1, 0.15) is 42.5 Å². The van der Waals surface area contributed by atoms with E-state index >= 15 is 0 Å². The highest BCUT2D eigenvalue weighted by Gasteiger charge is 2.50. The number of benzene rings is 3. The van der Waals surface area contributed by atoms with Gasteiger partial charge in [0.25, 0.3) is 5.91 Å². The second-order valence-corrected chi connectivity index (χ2v) is 8.70. The van der Waals surface area contributed by atoms with Crippen molar-refractivity contribution in [3.8, 4) is 11.5 Å². The summed E-state index contributed by atoms with van der Waals surface area (Å²) >= 11 is 0. The summed E-state index contributed by atoms with van der Waals surface area (Å²) in [7, 11) is 1.87. The molecule has 33 heavy (non-hydrogen) atoms. The SMILES string of the molecule is CN1C(=O)c2ccccc2C1(c1ccc(OCC2CO2)cc1)c1ccc(OCC2CO2)cc1. The van der Waals surface area contributed by atoms with Crippen LogP contribution in [0.25, 0.3) is 0 Å². The summed E-state index contributed by atoms with van der Waals surface area (Å²) in [5.41, 5.74) is 2.94. The number of nitrogens with zero attached hydrogens (tertiary/aromatic N) is 1. The van der Waals surface area contributed by atoms with E-state index in [0.717, 1.165) is 47.0 Å². The van der Waals surface area contributed by atoms with E-state index in [4.69, 9.17) is 18.9 Å². The van der Waals surface area contributed by atoms with E-state index in [2.05, 4.69) is 0 Å². The van der Waals surface area contributed by atoms with Gasteiger partial charge in [-0.1, -0.05) is 42.5 Å². The van der Waals surface area contributed by atoms with Gasteiger partial charge in [0.2, 0.25) is 0 Å². The predicted molar refractivity (Wildman–Crippen MR) is 122 cm³/mol. The monoisotopic (exact) mass is 443 g/mol. The quantitative estimate of drug-likeness (QED) is 0.498. The molecule has 1 amide bonds. The van der Waals surface area contributed by atoms with Gasteiger partial charge in [-0.2, -0.15) is 0 Å². The number of fused-ring (bicyclic) bond motifs is 1. The molecule has 0 N–H and O–H groups in total. The van der Waals surface area contributed by atoms with Gasteiger partial charge < -0.3 is 23.8 Å². The van der Waals surface area contributed by atoms with Crippen LogP contribution >= 0.6 is 0 Å². The topological polar surface area (TPSA) is 63.8 Å². The maximum atomic E-state index is 13.3. The van der Waals surface area contributed by atoms with Gasteiger partial charge in [-0.05, 0) is 47.0 Å². The Labute approximate surface area is 192 Å². The van der Waals surface area contributed by atoms with Crippen molar-refractivity contribution in [2.45, 2.75) is 17.7 Å². The molecule has 6 rings (SSSR count). The molecule has 3 aliphatic heterocycles. The lowest BCUT2D eigenvalue weighted by Gasteiger charge is -2.38. The third-order valence-electron chi connectivity index (χ3n) is 6.58. The second kappa shape index (κ2) is 7.90. The van der Waals surface area contributed by atoms with Gasteiger partial charge in [-0.15, -0.1) is 0 Å². The normalized spacial score (nSPS) is 25.0. The molecule has 2 atom stereocenters. The minimum atomic E-state index is -0.746. The summed E-state index contributed by atoms with van der Waals surface area (Å²) in [5.74, 6) is 1.58. The zero-order chi connectivity index (χ0) is 22.4. The number of carbonyl (C=O) groups excluding carboxylic acids is 1. The van der Waals surface area contributed by atoms with Crippen LogP contribution in [-0.2, 0) is 15.0 Å². The van der Waals surface area contributed by atoms with Crippen LogP contribution in [0.4, 0.5) is 0 Å². The Hall–Kier alpha value is -3.35. The lowest BCUT2D eigenvalue weighted by molar-refractivity contribution is 0.0736. The average molecular weight is 443 g/mol. The van der Waals surface area contributed by atoms with Crippen LogP contribution in [0, 0.1) is 0 Å². The van der Waals surface area contributed by atoms with E-state index in [1.54, 1.807) is 0 Å². The third kappa shape index (κ3) is 3.56. The summed E-state index contributed by atoms with van der Waals surface area (Å²) in [6.07, 6.45) is 0.405. The molecule has 6 nitrogen and oxygen atoms in total. The minimum absolute atomic E-state index is 0.00279. The second-order valence-electron chi connectivity index (χ2n) is 8.70. The van der Waals surface area contributed by atoms with E-state index in [1.807, 2.05) is 84.7 Å². The van der Waals surface area contributed by atoms with E-state index < -0.39 is 5.54 Å². The summed E-state index contributed by atoms with van der Waals surface area (Å²) in [6.45, 7) is 2.63. The van der Waals surface area contributed by atoms with Crippen LogP contribution in [0.2, 0.25) is 0 Å². The van der Waals surface area contributed by atoms with Crippen LogP contribution in [-0.4, -0.2) is 56.5 Å². The fraction of sp³-hybridized carbons (Fsp3) is 0.296. The molecule has 3 aromatic carbocycles. The first-order valence-corrected chi connectivity index (χ1v) is 11.2. The number of hydrogen-bond donors (Lipinski definition) is 0. The summed E-state index contributed by atoms with van der Waals surface area (Å²) in [6, 6.07) is 23.9. The fourth-order valence-corrected chi connectivity index (χ4v) is 4.66. The van der Waals surface area contributed by atoms with E-state index in [0.29, 0.717) is 13.2 Å². The molecule has 168 valence electrons. The van der Waals surface area contributed by atoms with Gasteiger partial charge in [-0.3, -0.25) is 4.79 Å². The van der Waals surface area contributed by atoms with Crippen molar-refractivity contribution in [3.63, 3.8) is 0 Å². The van der Waals surface area contributed by atoms with Crippen LogP contribution in [0.15, 0.2) is 72.8 Å². The molecule has 0 aliphatic carbocycles. The van der Waals surface area contributed by atoms with Crippen molar-refractivity contribution < 1.29 is 23.7 Å². The first-order valence-electron chi connectivity index (χ1n) is 11.2. The number of epoxide rings is 2. The molecule has 2 unspecified atom stereocenters. The first-order chi connectivity index (χ1) is 16.2. The molecule has 2 fully saturated rings. The Morgan fingerprint density at radius 3 is 1.79 bits per heavy atom. The molecule has 0 aromatic heterocycles. The number of rotatable bonds is 8. The Morgan fingerprint density at radius 1 is 0.818 bits per heavy atom. The highest BCUT2D eigenvalue weighted by Crippen LogP contribution is 2.48. The van der Waals surface area contributed by atoms with Crippen LogP contribution in [0.5, 0.6) is 11.5 Å². The van der Waals surface area contributed by atoms with E-state index in [9.17, 15) is 4.79 Å². The van der Waals surface area contributed by atoms with Crippen molar-refractivity contribution in [2.24, 2.45) is 0 Å². The lowest BCUT2D eigenvalue weighted by atomic mass is 9.77. The maximum absolute atomic E-state index is 13.3. The highest BCUT2D eigenvalue weighted by molar-refractivity contribution is 6.01. The molecule has 3 aliphatic rings. The summed E-state index contributed by atoms with van der Waals surface area (Å²) in [5, 5.41) is 0. The van der Waals surface area contributed by atoms with Crippen molar-refractivity contribution in [2.75, 3.05) is 33.5 Å². The Bertz CT molecular complexity index is 1110. The predicted octanol–water partition coefficient (Wildman–Crippen LogP) is 3.62. The van der Waals surface area contributed by atoms with Gasteiger partial charge in [-0.25, -0.2) is 0 Å². The number of ether oxygens (including phenoxy) is 4. The Balaban J connectivity index is 1.40. The molecule has 2 saturated heterocycles. The Morgan fingerprint density at radius 2 is 1.30 bits per heavy atom. The van der Waals surface area contributed by atoms with E-state index in [1.165, 1.54) is 0 Å². The molecular weight excluding hydrogens is 418 g/mol. The van der Waals surface area contributed by atoms with Gasteiger partial charge in [0.15, 0.2) is 0 Å². The zero-order valence-electron chi connectivity index (χ0n) is 18.4. The Kier molecular flexibility index (Phi) is 4.85. The van der Waals surface area contributed by atoms with Gasteiger partial charge in [0, 0.05) is 12.6 Å². The molecule has 0 radical (unpaired) electrons. The largest absolute Gasteiger partial charge is 0.491 e. The third-order valence-corrected chi connectivity index (χ3v) is 6.58. The minimum Gasteiger partial charge on any atom is -0.491 e. The first kappa shape index (κ1) is 20.3. The van der Waals surface area contributed by atoms with Gasteiger partial charge >= 0.3 is 0 Å². The zero-order valence-corrected chi connectivity index (χ0v) is 18.4. The maximum Gasteiger partial charge on any atom is 0.255 e. The van der Waals surface area contributed by atoms with Crippen molar-refractivity contribution in [1.29, 1.82) is 0 Å². The average Bonchev–Trinajstić information content (AvgIpc) is 3.78. The van der Waals surface area contributed by atoms with Gasteiger partial charge in [0.05, 0.1) is 13.2 Å². The molecule has 0 saturated carbocycles. The van der Waals surface area contributed by atoms with Crippen molar-refractivity contribution >= 4 is 5.91 Å². The molecule has 6 heteroatoms. The summed E-state index contributed by atoms with van der Waals surface area (Å²) < 4.78 is 22.1. The van der Waals surface area contributed by atoms with Crippen LogP contribution in [0.3, 0.4) is 0 Å². The molecule has 0 spiro atoms. The smallest absolute Gasteiger partial charge is 0.255 e. The number of amides is 1. The fourth-order valence-electron chi connectivity index (χ4n) is 4.66. The van der Waals surface area contributed by atoms with Crippen molar-refractivity contribution in [1.82, 2.24) is 4.90 Å². The standard InChI is InChI=1S/C27H25NO5/c1-28-26(29)24-4-2-3-5-25(24)27(28,18-6-10-20(11-7-18)30-14-22-16-32-22)19-8-12-21(13-9-19)31-15-23-17-33-23/h2-13,22-23H,14-17H2,1H3. The number of carbonyl (C=O) groups is 1.